The van der Waals surface area contributed by atoms with Gasteiger partial charge < -0.3 is 10.1 Å². The van der Waals surface area contributed by atoms with Gasteiger partial charge in [-0.25, -0.2) is 5.43 Å². The highest BCUT2D eigenvalue weighted by molar-refractivity contribution is 9.10. The van der Waals surface area contributed by atoms with Crippen molar-refractivity contribution < 1.29 is 14.3 Å². The third kappa shape index (κ3) is 5.70. The lowest BCUT2D eigenvalue weighted by Crippen LogP contribution is -2.38. The van der Waals surface area contributed by atoms with E-state index in [2.05, 4.69) is 31.8 Å². The van der Waals surface area contributed by atoms with Crippen LogP contribution in [0.2, 0.25) is 10.0 Å². The van der Waals surface area contributed by atoms with Gasteiger partial charge in [-0.05, 0) is 43.2 Å². The maximum atomic E-state index is 11.7. The van der Waals surface area contributed by atoms with Gasteiger partial charge in [0, 0.05) is 31.7 Å². The molecule has 9 heteroatoms. The predicted octanol–water partition coefficient (Wildman–Crippen LogP) is 4.06. The Morgan fingerprint density at radius 2 is 1.89 bits per heavy atom. The molecule has 3 rings (SSSR count). The maximum Gasteiger partial charge on any atom is 0.329 e. The summed E-state index contributed by atoms with van der Waals surface area (Å²) in [6.45, 7) is 0.164. The SMILES string of the molecule is O=C(N/N=C\c1cc(Br)ccc1OCc1c(Cl)cccc1Cl)C(=O)NC1CC1. The van der Waals surface area contributed by atoms with Gasteiger partial charge in [0.05, 0.1) is 6.21 Å². The van der Waals surface area contributed by atoms with Crippen LogP contribution in [0.15, 0.2) is 46.0 Å². The molecule has 146 valence electrons. The Hall–Kier alpha value is -2.09. The number of hydrogen-bond acceptors (Lipinski definition) is 4. The molecule has 0 atom stereocenters. The number of benzene rings is 2. The molecule has 2 aromatic rings. The van der Waals surface area contributed by atoms with Crippen LogP contribution in [0.3, 0.4) is 0 Å². The van der Waals surface area contributed by atoms with Gasteiger partial charge >= 0.3 is 11.8 Å². The van der Waals surface area contributed by atoms with Gasteiger partial charge in [-0.2, -0.15) is 5.10 Å². The van der Waals surface area contributed by atoms with Crippen molar-refractivity contribution in [3.8, 4) is 5.75 Å². The van der Waals surface area contributed by atoms with Gasteiger partial charge in [0.25, 0.3) is 0 Å². The molecule has 28 heavy (non-hydrogen) atoms. The quantitative estimate of drug-likeness (QED) is 0.368. The fourth-order valence-electron chi connectivity index (χ4n) is 2.26. The summed E-state index contributed by atoms with van der Waals surface area (Å²) >= 11 is 15.7. The molecule has 0 radical (unpaired) electrons. The summed E-state index contributed by atoms with van der Waals surface area (Å²) in [5.41, 5.74) is 3.47. The van der Waals surface area contributed by atoms with E-state index in [1.807, 2.05) is 6.07 Å². The van der Waals surface area contributed by atoms with E-state index in [4.69, 9.17) is 27.9 Å². The Balaban J connectivity index is 1.66. The molecular formula is C19H16BrCl2N3O3. The highest BCUT2D eigenvalue weighted by Gasteiger charge is 2.26. The van der Waals surface area contributed by atoms with Gasteiger partial charge in [-0.3, -0.25) is 9.59 Å². The molecule has 2 amide bonds. The molecule has 6 nitrogen and oxygen atoms in total. The minimum absolute atomic E-state index is 0.101. The number of rotatable bonds is 6. The number of nitrogens with one attached hydrogen (secondary N) is 2. The van der Waals surface area contributed by atoms with Gasteiger partial charge in [0.2, 0.25) is 0 Å². The third-order valence-corrected chi connectivity index (χ3v) is 5.10. The van der Waals surface area contributed by atoms with Crippen molar-refractivity contribution in [1.29, 1.82) is 0 Å². The third-order valence-electron chi connectivity index (χ3n) is 3.89. The Labute approximate surface area is 180 Å². The Morgan fingerprint density at radius 1 is 1.18 bits per heavy atom. The number of nitrogens with zero attached hydrogens (tertiary/aromatic N) is 1. The fourth-order valence-corrected chi connectivity index (χ4v) is 3.15. The number of carbonyl (C=O) groups is 2. The molecule has 1 fully saturated rings. The standard InChI is InChI=1S/C19H16BrCl2N3O3/c20-12-4-7-17(28-10-14-15(21)2-1-3-16(14)22)11(8-12)9-23-25-19(27)18(26)24-13-5-6-13/h1-4,7-9,13H,5-6,10H2,(H,24,26)(H,25,27)/b23-9-. The van der Waals surface area contributed by atoms with E-state index in [1.54, 1.807) is 30.3 Å². The second kappa shape index (κ2) is 9.41. The van der Waals surface area contributed by atoms with Crippen LogP contribution < -0.4 is 15.5 Å². The van der Waals surface area contributed by atoms with Crippen LogP contribution >= 0.6 is 39.1 Å². The highest BCUT2D eigenvalue weighted by Crippen LogP contribution is 2.28. The Morgan fingerprint density at radius 3 is 2.57 bits per heavy atom. The molecule has 0 unspecified atom stereocenters. The largest absolute Gasteiger partial charge is 0.488 e. The molecule has 1 aliphatic carbocycles. The highest BCUT2D eigenvalue weighted by atomic mass is 79.9. The van der Waals surface area contributed by atoms with E-state index < -0.39 is 11.8 Å². The lowest BCUT2D eigenvalue weighted by atomic mass is 10.2. The summed E-state index contributed by atoms with van der Waals surface area (Å²) in [5.74, 6) is -0.998. The van der Waals surface area contributed by atoms with Crippen molar-refractivity contribution in [1.82, 2.24) is 10.7 Å². The Kier molecular flexibility index (Phi) is 6.93. The smallest absolute Gasteiger partial charge is 0.329 e. The molecule has 0 heterocycles. The number of ether oxygens (including phenoxy) is 1. The molecule has 0 bridgehead atoms. The van der Waals surface area contributed by atoms with Crippen LogP contribution in [0.1, 0.15) is 24.0 Å². The van der Waals surface area contributed by atoms with Gasteiger partial charge in [-0.1, -0.05) is 45.2 Å². The molecule has 2 N–H and O–H groups in total. The summed E-state index contributed by atoms with van der Waals surface area (Å²) < 4.78 is 6.63. The molecule has 2 aromatic carbocycles. The first-order valence-corrected chi connectivity index (χ1v) is 9.98. The average molecular weight is 485 g/mol. The maximum absolute atomic E-state index is 11.7. The molecule has 0 aliphatic heterocycles. The minimum atomic E-state index is -0.816. The number of amides is 2. The number of hydrazone groups is 1. The minimum Gasteiger partial charge on any atom is -0.488 e. The van der Waals surface area contributed by atoms with E-state index in [0.29, 0.717) is 26.9 Å². The molecular weight excluding hydrogens is 469 g/mol. The summed E-state index contributed by atoms with van der Waals surface area (Å²) in [6.07, 6.45) is 3.20. The average Bonchev–Trinajstić information content (AvgIpc) is 3.46. The van der Waals surface area contributed by atoms with E-state index in [0.717, 1.165) is 17.3 Å². The normalized spacial score (nSPS) is 13.4. The summed E-state index contributed by atoms with van der Waals surface area (Å²) in [4.78, 5) is 23.4. The van der Waals surface area contributed by atoms with E-state index in [9.17, 15) is 9.59 Å². The second-order valence-electron chi connectivity index (χ2n) is 6.12. The lowest BCUT2D eigenvalue weighted by molar-refractivity contribution is -0.139. The zero-order chi connectivity index (χ0) is 20.1. The van der Waals surface area contributed by atoms with Gasteiger partial charge in [0.15, 0.2) is 0 Å². The number of carbonyl (C=O) groups excluding carboxylic acids is 2. The van der Waals surface area contributed by atoms with Gasteiger partial charge in [0.1, 0.15) is 12.4 Å². The summed E-state index contributed by atoms with van der Waals surface area (Å²) in [5, 5.41) is 7.45. The van der Waals surface area contributed by atoms with Crippen molar-refractivity contribution in [2.75, 3.05) is 0 Å². The second-order valence-corrected chi connectivity index (χ2v) is 7.85. The van der Waals surface area contributed by atoms with Crippen molar-refractivity contribution in [2.24, 2.45) is 5.10 Å². The first-order valence-electron chi connectivity index (χ1n) is 8.43. The molecule has 1 aliphatic rings. The molecule has 0 spiro atoms. The topological polar surface area (TPSA) is 79.8 Å². The summed E-state index contributed by atoms with van der Waals surface area (Å²) in [7, 11) is 0. The molecule has 1 saturated carbocycles. The van der Waals surface area contributed by atoms with E-state index in [1.165, 1.54) is 6.21 Å². The number of hydrogen-bond donors (Lipinski definition) is 2. The van der Waals surface area contributed by atoms with Crippen LogP contribution in [0.4, 0.5) is 0 Å². The van der Waals surface area contributed by atoms with Gasteiger partial charge in [-0.15, -0.1) is 0 Å². The molecule has 0 aromatic heterocycles. The Bertz CT molecular complexity index is 912. The van der Waals surface area contributed by atoms with E-state index >= 15 is 0 Å². The lowest BCUT2D eigenvalue weighted by Gasteiger charge is -2.12. The van der Waals surface area contributed by atoms with Crippen molar-refractivity contribution in [3.63, 3.8) is 0 Å². The zero-order valence-corrected chi connectivity index (χ0v) is 17.6. The van der Waals surface area contributed by atoms with Crippen LogP contribution in [0.25, 0.3) is 0 Å². The van der Waals surface area contributed by atoms with Crippen LogP contribution in [-0.4, -0.2) is 24.1 Å². The summed E-state index contributed by atoms with van der Waals surface area (Å²) in [6, 6.07) is 10.7. The monoisotopic (exact) mass is 483 g/mol. The van der Waals surface area contributed by atoms with E-state index in [-0.39, 0.29) is 12.6 Å². The first-order chi connectivity index (χ1) is 13.4. The van der Waals surface area contributed by atoms with Crippen molar-refractivity contribution in [2.45, 2.75) is 25.5 Å². The predicted molar refractivity (Wildman–Crippen MR) is 112 cm³/mol. The van der Waals surface area contributed by atoms with Crippen LogP contribution in [0.5, 0.6) is 5.75 Å². The van der Waals surface area contributed by atoms with Crippen LogP contribution in [0, 0.1) is 0 Å². The van der Waals surface area contributed by atoms with Crippen LogP contribution in [-0.2, 0) is 16.2 Å². The zero-order valence-electron chi connectivity index (χ0n) is 14.5. The van der Waals surface area contributed by atoms with Crippen molar-refractivity contribution in [3.05, 3.63) is 62.0 Å². The van der Waals surface area contributed by atoms with Crippen molar-refractivity contribution >= 4 is 57.2 Å². The first kappa shape index (κ1) is 20.6. The fraction of sp³-hybridized carbons (Fsp3) is 0.211. The molecule has 0 saturated heterocycles. The number of halogens is 3.